The predicted octanol–water partition coefficient (Wildman–Crippen LogP) is 5.24. The molecule has 1 N–H and O–H groups in total. The summed E-state index contributed by atoms with van der Waals surface area (Å²) in [6.07, 6.45) is 8.84. The smallest absolute Gasteiger partial charge is 0.306 e. The average molecular weight is 287 g/mol. The zero-order valence-electron chi connectivity index (χ0n) is 13.5. The molecule has 0 rings (SSSR count). The Balaban J connectivity index is 4.84. The number of carboxylic acids is 1. The van der Waals surface area contributed by atoms with Crippen LogP contribution in [0.1, 0.15) is 79.1 Å². The van der Waals surface area contributed by atoms with Crippen molar-refractivity contribution in [2.24, 2.45) is 0 Å². The van der Waals surface area contributed by atoms with Crippen molar-refractivity contribution in [3.05, 3.63) is 0 Å². The molecule has 0 bridgehead atoms. The van der Waals surface area contributed by atoms with E-state index in [1.54, 1.807) is 0 Å². The van der Waals surface area contributed by atoms with E-state index in [2.05, 4.69) is 27.7 Å². The second-order valence-corrected chi connectivity index (χ2v) is 9.55. The third-order valence-corrected chi connectivity index (χ3v) is 9.64. The largest absolute Gasteiger partial charge is 0.481 e. The van der Waals surface area contributed by atoms with E-state index in [1.807, 2.05) is 0 Å². The Morgan fingerprint density at radius 1 is 0.947 bits per heavy atom. The van der Waals surface area contributed by atoms with Crippen LogP contribution in [-0.2, 0) is 4.79 Å². The van der Waals surface area contributed by atoms with Gasteiger partial charge in [0.1, 0.15) is 0 Å². The molecule has 0 radical (unpaired) electrons. The molecule has 0 aromatic carbocycles. The van der Waals surface area contributed by atoms with Crippen molar-refractivity contribution in [1.29, 1.82) is 0 Å². The molecule has 0 saturated carbocycles. The minimum Gasteiger partial charge on any atom is -0.481 e. The number of rotatable bonds is 12. The maximum absolute atomic E-state index is 11.9. The molecule has 1 atom stereocenters. The van der Waals surface area contributed by atoms with Crippen LogP contribution in [0, 0.1) is 0 Å². The summed E-state index contributed by atoms with van der Waals surface area (Å²) in [5.74, 6) is -0.495. The number of carboxylic acid groups (broad SMARTS) is 1. The summed E-state index contributed by atoms with van der Waals surface area (Å²) < 4.78 is 0. The first-order chi connectivity index (χ1) is 9.08. The van der Waals surface area contributed by atoms with Gasteiger partial charge in [-0.05, 0) is 12.8 Å². The zero-order valence-corrected chi connectivity index (χ0v) is 14.7. The van der Waals surface area contributed by atoms with Gasteiger partial charge in [0.2, 0.25) is 0 Å². The van der Waals surface area contributed by atoms with Crippen LogP contribution in [0.3, 0.4) is 0 Å². The first kappa shape index (κ1) is 18.7. The average Bonchev–Trinajstić information content (AvgIpc) is 2.39. The van der Waals surface area contributed by atoms with Crippen molar-refractivity contribution in [2.45, 2.75) is 96.2 Å². The Hall–Kier alpha value is -0.313. The number of carbonyl (C=O) groups is 1. The molecule has 3 heteroatoms. The Kier molecular flexibility index (Phi) is 10.3. The van der Waals surface area contributed by atoms with Crippen LogP contribution in [0.15, 0.2) is 0 Å². The van der Waals surface area contributed by atoms with Gasteiger partial charge in [0.15, 0.2) is 0 Å². The first-order valence-electron chi connectivity index (χ1n) is 8.32. The van der Waals surface area contributed by atoms with E-state index < -0.39 is 14.8 Å². The number of hydrogen-bond donors (Lipinski definition) is 1. The fourth-order valence-electron chi connectivity index (χ4n) is 3.36. The van der Waals surface area contributed by atoms with Crippen LogP contribution < -0.4 is 0 Å². The Morgan fingerprint density at radius 2 is 1.53 bits per heavy atom. The highest BCUT2D eigenvalue weighted by Gasteiger charge is 2.43. The summed E-state index contributed by atoms with van der Waals surface area (Å²) >= 11 is 0. The second-order valence-electron chi connectivity index (χ2n) is 5.90. The van der Waals surface area contributed by atoms with Crippen LogP contribution in [0.25, 0.3) is 0 Å². The third kappa shape index (κ3) is 5.68. The fraction of sp³-hybridized carbons (Fsp3) is 0.938. The molecule has 0 aromatic rings. The molecule has 0 heterocycles. The Labute approximate surface area is 121 Å². The van der Waals surface area contributed by atoms with Gasteiger partial charge in [-0.15, -0.1) is 0 Å². The molecule has 0 saturated heterocycles. The highest BCUT2D eigenvalue weighted by molar-refractivity contribution is 6.66. The second kappa shape index (κ2) is 10.5. The SMILES string of the molecule is CCCCCCC(CC)(C(=O)O)[SiH](CCC)CCC. The van der Waals surface area contributed by atoms with Gasteiger partial charge in [0.05, 0.1) is 13.8 Å². The minimum atomic E-state index is -1.19. The number of hydrogen-bond acceptors (Lipinski definition) is 1. The number of aliphatic carboxylic acids is 1. The van der Waals surface area contributed by atoms with E-state index >= 15 is 0 Å². The van der Waals surface area contributed by atoms with Crippen molar-refractivity contribution < 1.29 is 9.90 Å². The topological polar surface area (TPSA) is 37.3 Å². The van der Waals surface area contributed by atoms with Crippen molar-refractivity contribution in [1.82, 2.24) is 0 Å². The Morgan fingerprint density at radius 3 is 1.89 bits per heavy atom. The molecule has 0 fully saturated rings. The Bertz CT molecular complexity index is 237. The maximum atomic E-state index is 11.9. The van der Waals surface area contributed by atoms with Crippen molar-refractivity contribution in [3.8, 4) is 0 Å². The van der Waals surface area contributed by atoms with Crippen molar-refractivity contribution in [2.75, 3.05) is 0 Å². The maximum Gasteiger partial charge on any atom is 0.306 e. The molecule has 0 aromatic heterocycles. The summed E-state index contributed by atoms with van der Waals surface area (Å²) in [7, 11) is -1.19. The van der Waals surface area contributed by atoms with Gasteiger partial charge in [-0.3, -0.25) is 4.79 Å². The lowest BCUT2D eigenvalue weighted by Crippen LogP contribution is -2.39. The van der Waals surface area contributed by atoms with Crippen LogP contribution >= 0.6 is 0 Å². The molecule has 0 aliphatic carbocycles. The molecular formula is C16H34O2Si. The van der Waals surface area contributed by atoms with Gasteiger partial charge < -0.3 is 5.11 Å². The van der Waals surface area contributed by atoms with Crippen LogP contribution in [0.2, 0.25) is 17.1 Å². The molecule has 114 valence electrons. The lowest BCUT2D eigenvalue weighted by molar-refractivity contribution is -0.141. The molecule has 0 aliphatic rings. The minimum absolute atomic E-state index is 0.334. The first-order valence-corrected chi connectivity index (χ1v) is 10.5. The van der Waals surface area contributed by atoms with Gasteiger partial charge in [0.25, 0.3) is 0 Å². The summed E-state index contributed by atoms with van der Waals surface area (Å²) in [6.45, 7) is 8.71. The van der Waals surface area contributed by atoms with Gasteiger partial charge in [-0.25, -0.2) is 0 Å². The van der Waals surface area contributed by atoms with E-state index in [-0.39, 0.29) is 5.04 Å². The van der Waals surface area contributed by atoms with E-state index in [9.17, 15) is 9.90 Å². The molecule has 0 spiro atoms. The normalized spacial score (nSPS) is 14.6. The van der Waals surface area contributed by atoms with Gasteiger partial charge in [-0.2, -0.15) is 0 Å². The fourth-order valence-corrected chi connectivity index (χ4v) is 7.69. The van der Waals surface area contributed by atoms with Crippen molar-refractivity contribution >= 4 is 14.8 Å². The highest BCUT2D eigenvalue weighted by Crippen LogP contribution is 2.44. The standard InChI is InChI=1S/C16H34O2Si/c1-5-9-10-11-12-16(8-4,15(17)18)19(13-6-2)14-7-3/h19H,5-14H2,1-4H3,(H,17,18). The summed E-state index contributed by atoms with van der Waals surface area (Å²) in [5.41, 5.74) is 0. The third-order valence-electron chi connectivity index (χ3n) is 4.59. The lowest BCUT2D eigenvalue weighted by Gasteiger charge is -2.36. The van der Waals surface area contributed by atoms with Crippen LogP contribution in [0.5, 0.6) is 0 Å². The van der Waals surface area contributed by atoms with Gasteiger partial charge in [-0.1, -0.05) is 78.3 Å². The van der Waals surface area contributed by atoms with Gasteiger partial charge in [0, 0.05) is 0 Å². The van der Waals surface area contributed by atoms with E-state index in [0.717, 1.165) is 32.1 Å². The van der Waals surface area contributed by atoms with Crippen molar-refractivity contribution in [3.63, 3.8) is 0 Å². The van der Waals surface area contributed by atoms with E-state index in [0.29, 0.717) is 0 Å². The molecule has 0 amide bonds. The molecule has 19 heavy (non-hydrogen) atoms. The van der Waals surface area contributed by atoms with Crippen LogP contribution in [-0.4, -0.2) is 19.9 Å². The van der Waals surface area contributed by atoms with E-state index in [1.165, 1.54) is 31.4 Å². The van der Waals surface area contributed by atoms with Gasteiger partial charge >= 0.3 is 5.97 Å². The molecule has 2 nitrogen and oxygen atoms in total. The summed E-state index contributed by atoms with van der Waals surface area (Å²) in [4.78, 5) is 11.9. The highest BCUT2D eigenvalue weighted by atomic mass is 28.3. The summed E-state index contributed by atoms with van der Waals surface area (Å²) in [5, 5.41) is 9.51. The van der Waals surface area contributed by atoms with E-state index in [4.69, 9.17) is 0 Å². The van der Waals surface area contributed by atoms with Crippen LogP contribution in [0.4, 0.5) is 0 Å². The zero-order chi connectivity index (χ0) is 14.7. The number of unbranched alkanes of at least 4 members (excludes halogenated alkanes) is 3. The molecular weight excluding hydrogens is 252 g/mol. The molecule has 0 aliphatic heterocycles. The predicted molar refractivity (Wildman–Crippen MR) is 86.7 cm³/mol. The monoisotopic (exact) mass is 286 g/mol. The summed E-state index contributed by atoms with van der Waals surface area (Å²) in [6, 6.07) is 2.39. The molecule has 1 unspecified atom stereocenters. The quantitative estimate of drug-likeness (QED) is 0.393. The lowest BCUT2D eigenvalue weighted by atomic mass is 9.97.